The minimum atomic E-state index is -1.08. The van der Waals surface area contributed by atoms with Crippen molar-refractivity contribution in [2.75, 3.05) is 6.61 Å². The summed E-state index contributed by atoms with van der Waals surface area (Å²) in [5.41, 5.74) is -1.08. The maximum Gasteiger partial charge on any atom is 0.302 e. The van der Waals surface area contributed by atoms with Crippen molar-refractivity contribution in [1.29, 1.82) is 0 Å². The standard InChI is InChI=1S/C9H12O4/c1-6(10)13-5-9(2)7(11)3-4-8(9)12/h3-5H2,1-2H3. The monoisotopic (exact) mass is 184 g/mol. The van der Waals surface area contributed by atoms with Crippen LogP contribution in [0.2, 0.25) is 0 Å². The van der Waals surface area contributed by atoms with Gasteiger partial charge < -0.3 is 4.74 Å². The number of hydrogen-bond acceptors (Lipinski definition) is 4. The summed E-state index contributed by atoms with van der Waals surface area (Å²) in [6.45, 7) is 2.68. The Morgan fingerprint density at radius 3 is 2.23 bits per heavy atom. The number of esters is 1. The SMILES string of the molecule is CC(=O)OCC1(C)C(=O)CCC1=O. The van der Waals surface area contributed by atoms with Gasteiger partial charge in [-0.15, -0.1) is 0 Å². The van der Waals surface area contributed by atoms with Gasteiger partial charge in [0.2, 0.25) is 0 Å². The van der Waals surface area contributed by atoms with Crippen LogP contribution in [0.25, 0.3) is 0 Å². The van der Waals surface area contributed by atoms with Crippen molar-refractivity contribution in [2.45, 2.75) is 26.7 Å². The summed E-state index contributed by atoms with van der Waals surface area (Å²) >= 11 is 0. The Kier molecular flexibility index (Phi) is 2.50. The van der Waals surface area contributed by atoms with Gasteiger partial charge in [0.15, 0.2) is 0 Å². The summed E-state index contributed by atoms with van der Waals surface area (Å²) in [6, 6.07) is 0. The number of rotatable bonds is 2. The van der Waals surface area contributed by atoms with E-state index < -0.39 is 11.4 Å². The Balaban J connectivity index is 2.68. The summed E-state index contributed by atoms with van der Waals surface area (Å²) in [6.07, 6.45) is 0.549. The molecule has 72 valence electrons. The first-order valence-electron chi connectivity index (χ1n) is 4.17. The first kappa shape index (κ1) is 9.89. The van der Waals surface area contributed by atoms with Gasteiger partial charge in [-0.05, 0) is 6.92 Å². The van der Waals surface area contributed by atoms with Crippen LogP contribution in [0.3, 0.4) is 0 Å². The Bertz CT molecular complexity index is 251. The molecule has 0 radical (unpaired) electrons. The second-order valence-corrected chi connectivity index (χ2v) is 3.46. The molecule has 1 aliphatic rings. The van der Waals surface area contributed by atoms with Crippen molar-refractivity contribution in [3.8, 4) is 0 Å². The van der Waals surface area contributed by atoms with Crippen LogP contribution in [0, 0.1) is 5.41 Å². The van der Waals surface area contributed by atoms with E-state index in [1.807, 2.05) is 0 Å². The predicted molar refractivity (Wildman–Crippen MR) is 44.0 cm³/mol. The van der Waals surface area contributed by atoms with E-state index in [2.05, 4.69) is 4.74 Å². The van der Waals surface area contributed by atoms with Gasteiger partial charge in [0, 0.05) is 19.8 Å². The van der Waals surface area contributed by atoms with Gasteiger partial charge in [-0.2, -0.15) is 0 Å². The molecule has 0 atom stereocenters. The van der Waals surface area contributed by atoms with Crippen LogP contribution >= 0.6 is 0 Å². The van der Waals surface area contributed by atoms with Gasteiger partial charge in [0.25, 0.3) is 0 Å². The van der Waals surface area contributed by atoms with Gasteiger partial charge in [-0.3, -0.25) is 14.4 Å². The molecular weight excluding hydrogens is 172 g/mol. The average Bonchev–Trinajstić information content (AvgIpc) is 2.31. The fraction of sp³-hybridized carbons (Fsp3) is 0.667. The van der Waals surface area contributed by atoms with E-state index in [0.29, 0.717) is 0 Å². The molecule has 1 rings (SSSR count). The third-order valence-electron chi connectivity index (χ3n) is 2.37. The number of ether oxygens (including phenoxy) is 1. The normalized spacial score (nSPS) is 20.5. The summed E-state index contributed by atoms with van der Waals surface area (Å²) in [5.74, 6) is -0.716. The van der Waals surface area contributed by atoms with Crippen LogP contribution in [0.4, 0.5) is 0 Å². The molecule has 0 amide bonds. The average molecular weight is 184 g/mol. The van der Waals surface area contributed by atoms with Crippen molar-refractivity contribution in [3.05, 3.63) is 0 Å². The first-order chi connectivity index (χ1) is 5.97. The Labute approximate surface area is 76.3 Å². The molecular formula is C9H12O4. The molecule has 0 heterocycles. The molecule has 1 fully saturated rings. The second-order valence-electron chi connectivity index (χ2n) is 3.46. The van der Waals surface area contributed by atoms with E-state index in [4.69, 9.17) is 0 Å². The molecule has 4 heteroatoms. The molecule has 0 aromatic rings. The number of hydrogen-bond donors (Lipinski definition) is 0. The number of Topliss-reactive ketones (excluding diaryl/α,β-unsaturated/α-hetero) is 2. The molecule has 0 unspecified atom stereocenters. The van der Waals surface area contributed by atoms with Crippen LogP contribution in [-0.4, -0.2) is 24.1 Å². The Morgan fingerprint density at radius 2 is 1.85 bits per heavy atom. The summed E-state index contributed by atoms with van der Waals surface area (Å²) < 4.78 is 4.69. The first-order valence-corrected chi connectivity index (χ1v) is 4.17. The second kappa shape index (κ2) is 3.28. The molecule has 13 heavy (non-hydrogen) atoms. The zero-order valence-corrected chi connectivity index (χ0v) is 7.75. The summed E-state index contributed by atoms with van der Waals surface area (Å²) in [5, 5.41) is 0. The van der Waals surface area contributed by atoms with Crippen LogP contribution in [0.5, 0.6) is 0 Å². The lowest BCUT2D eigenvalue weighted by atomic mass is 9.88. The van der Waals surface area contributed by atoms with Crippen molar-refractivity contribution >= 4 is 17.5 Å². The van der Waals surface area contributed by atoms with E-state index in [9.17, 15) is 14.4 Å². The predicted octanol–water partition coefficient (Wildman–Crippen LogP) is 0.488. The topological polar surface area (TPSA) is 60.4 Å². The molecule has 1 aliphatic carbocycles. The zero-order chi connectivity index (χ0) is 10.1. The highest BCUT2D eigenvalue weighted by atomic mass is 16.5. The van der Waals surface area contributed by atoms with Crippen LogP contribution < -0.4 is 0 Å². The van der Waals surface area contributed by atoms with Gasteiger partial charge in [-0.1, -0.05) is 0 Å². The zero-order valence-electron chi connectivity index (χ0n) is 7.75. The molecule has 0 N–H and O–H groups in total. The van der Waals surface area contributed by atoms with E-state index in [1.54, 1.807) is 0 Å². The fourth-order valence-corrected chi connectivity index (χ4v) is 1.34. The van der Waals surface area contributed by atoms with Crippen molar-refractivity contribution in [1.82, 2.24) is 0 Å². The summed E-state index contributed by atoms with van der Waals surface area (Å²) in [4.78, 5) is 33.1. The maximum atomic E-state index is 11.3. The number of carbonyl (C=O) groups excluding carboxylic acids is 3. The lowest BCUT2D eigenvalue weighted by Gasteiger charge is -2.18. The third-order valence-corrected chi connectivity index (χ3v) is 2.37. The molecule has 0 aromatic heterocycles. The van der Waals surface area contributed by atoms with Crippen molar-refractivity contribution in [2.24, 2.45) is 5.41 Å². The smallest absolute Gasteiger partial charge is 0.302 e. The quantitative estimate of drug-likeness (QED) is 0.463. The van der Waals surface area contributed by atoms with E-state index in [1.165, 1.54) is 13.8 Å². The number of ketones is 2. The largest absolute Gasteiger partial charge is 0.464 e. The molecule has 0 spiro atoms. The Hall–Kier alpha value is -1.19. The van der Waals surface area contributed by atoms with E-state index in [-0.39, 0.29) is 31.0 Å². The highest BCUT2D eigenvalue weighted by Crippen LogP contribution is 2.31. The van der Waals surface area contributed by atoms with E-state index >= 15 is 0 Å². The minimum Gasteiger partial charge on any atom is -0.464 e. The van der Waals surface area contributed by atoms with Crippen LogP contribution in [0.1, 0.15) is 26.7 Å². The van der Waals surface area contributed by atoms with Gasteiger partial charge in [-0.25, -0.2) is 0 Å². The number of carbonyl (C=O) groups is 3. The highest BCUT2D eigenvalue weighted by molar-refractivity contribution is 6.12. The lowest BCUT2D eigenvalue weighted by Crippen LogP contribution is -2.35. The lowest BCUT2D eigenvalue weighted by molar-refractivity contribution is -0.149. The van der Waals surface area contributed by atoms with Gasteiger partial charge in [0.05, 0.1) is 0 Å². The van der Waals surface area contributed by atoms with Gasteiger partial charge >= 0.3 is 5.97 Å². The van der Waals surface area contributed by atoms with Crippen molar-refractivity contribution < 1.29 is 19.1 Å². The third kappa shape index (κ3) is 1.76. The molecule has 4 nitrogen and oxygen atoms in total. The molecule has 1 saturated carbocycles. The van der Waals surface area contributed by atoms with Crippen molar-refractivity contribution in [3.63, 3.8) is 0 Å². The molecule has 0 saturated heterocycles. The van der Waals surface area contributed by atoms with E-state index in [0.717, 1.165) is 0 Å². The Morgan fingerprint density at radius 1 is 1.38 bits per heavy atom. The fourth-order valence-electron chi connectivity index (χ4n) is 1.34. The molecule has 0 aliphatic heterocycles. The highest BCUT2D eigenvalue weighted by Gasteiger charge is 2.46. The minimum absolute atomic E-state index is 0.111. The van der Waals surface area contributed by atoms with Crippen LogP contribution in [-0.2, 0) is 19.1 Å². The van der Waals surface area contributed by atoms with Gasteiger partial charge in [0.1, 0.15) is 23.6 Å². The molecule has 0 aromatic carbocycles. The molecule has 0 bridgehead atoms. The maximum absolute atomic E-state index is 11.3. The summed E-state index contributed by atoms with van der Waals surface area (Å²) in [7, 11) is 0. The van der Waals surface area contributed by atoms with Crippen LogP contribution in [0.15, 0.2) is 0 Å².